The second-order valence-corrected chi connectivity index (χ2v) is 6.39. The second kappa shape index (κ2) is 7.28. The van der Waals surface area contributed by atoms with Crippen molar-refractivity contribution in [3.05, 3.63) is 23.5 Å². The van der Waals surface area contributed by atoms with Crippen LogP contribution in [0.4, 0.5) is 10.5 Å². The first kappa shape index (κ1) is 17.5. The third-order valence-electron chi connectivity index (χ3n) is 4.64. The molecule has 1 aromatic heterocycles. The first-order chi connectivity index (χ1) is 12.0. The number of rotatable bonds is 6. The maximum atomic E-state index is 11.0. The van der Waals surface area contributed by atoms with Crippen LogP contribution in [0.2, 0.25) is 0 Å². The number of imidazole rings is 1. The molecule has 8 heteroatoms. The highest BCUT2D eigenvalue weighted by Crippen LogP contribution is 2.35. The van der Waals surface area contributed by atoms with E-state index in [1.807, 2.05) is 19.1 Å². The zero-order valence-electron chi connectivity index (χ0n) is 14.6. The number of carbonyl (C=O) groups is 1. The SMILES string of the molecule is CO[C@H](N)Cc1ccc2nc(C)[nH]c2c1N1CCC[C@H]1COC(N)=O. The fourth-order valence-electron chi connectivity index (χ4n) is 3.50. The molecule has 0 aliphatic carbocycles. The monoisotopic (exact) mass is 347 g/mol. The molecule has 2 heterocycles. The summed E-state index contributed by atoms with van der Waals surface area (Å²) in [6, 6.07) is 4.12. The van der Waals surface area contributed by atoms with Crippen LogP contribution in [0.5, 0.6) is 0 Å². The van der Waals surface area contributed by atoms with Crippen LogP contribution in [0.25, 0.3) is 11.0 Å². The summed E-state index contributed by atoms with van der Waals surface area (Å²) in [5, 5.41) is 0. The largest absolute Gasteiger partial charge is 0.448 e. The van der Waals surface area contributed by atoms with E-state index in [-0.39, 0.29) is 18.9 Å². The smallest absolute Gasteiger partial charge is 0.404 e. The molecule has 1 saturated heterocycles. The van der Waals surface area contributed by atoms with Gasteiger partial charge in [-0.15, -0.1) is 0 Å². The lowest BCUT2D eigenvalue weighted by Crippen LogP contribution is -2.36. The number of fused-ring (bicyclic) bond motifs is 1. The number of ether oxygens (including phenoxy) is 2. The first-order valence-electron chi connectivity index (χ1n) is 8.45. The molecule has 0 saturated carbocycles. The third kappa shape index (κ3) is 3.69. The van der Waals surface area contributed by atoms with Gasteiger partial charge in [-0.3, -0.25) is 0 Å². The molecule has 0 spiro atoms. The molecule has 1 aromatic carbocycles. The Labute approximate surface area is 146 Å². The van der Waals surface area contributed by atoms with Gasteiger partial charge >= 0.3 is 6.09 Å². The maximum absolute atomic E-state index is 11.0. The number of nitrogens with one attached hydrogen (secondary N) is 1. The quantitative estimate of drug-likeness (QED) is 0.680. The van der Waals surface area contributed by atoms with Gasteiger partial charge in [-0.2, -0.15) is 0 Å². The maximum Gasteiger partial charge on any atom is 0.404 e. The zero-order valence-corrected chi connectivity index (χ0v) is 14.6. The molecule has 3 rings (SSSR count). The third-order valence-corrected chi connectivity index (χ3v) is 4.64. The van der Waals surface area contributed by atoms with Crippen LogP contribution < -0.4 is 16.4 Å². The summed E-state index contributed by atoms with van der Waals surface area (Å²) in [6.45, 7) is 3.08. The number of carbonyl (C=O) groups excluding carboxylic acids is 1. The van der Waals surface area contributed by atoms with Gasteiger partial charge in [0, 0.05) is 20.1 Å². The summed E-state index contributed by atoms with van der Waals surface area (Å²) >= 11 is 0. The summed E-state index contributed by atoms with van der Waals surface area (Å²) in [5.74, 6) is 0.855. The van der Waals surface area contributed by atoms with E-state index in [4.69, 9.17) is 20.9 Å². The van der Waals surface area contributed by atoms with E-state index >= 15 is 0 Å². The van der Waals surface area contributed by atoms with E-state index < -0.39 is 6.09 Å². The van der Waals surface area contributed by atoms with Crippen molar-refractivity contribution in [1.29, 1.82) is 0 Å². The first-order valence-corrected chi connectivity index (χ1v) is 8.45. The van der Waals surface area contributed by atoms with Gasteiger partial charge in [-0.25, -0.2) is 9.78 Å². The molecule has 1 amide bonds. The lowest BCUT2D eigenvalue weighted by atomic mass is 10.1. The lowest BCUT2D eigenvalue weighted by Gasteiger charge is -2.29. The van der Waals surface area contributed by atoms with Crippen LogP contribution in [0.15, 0.2) is 12.1 Å². The molecule has 2 atom stereocenters. The Hall–Kier alpha value is -2.32. The number of H-pyrrole nitrogens is 1. The van der Waals surface area contributed by atoms with Crippen molar-refractivity contribution >= 4 is 22.8 Å². The number of methoxy groups -OCH3 is 1. The summed E-state index contributed by atoms with van der Waals surface area (Å²) in [7, 11) is 1.60. The van der Waals surface area contributed by atoms with Crippen molar-refractivity contribution in [2.45, 2.75) is 38.5 Å². The van der Waals surface area contributed by atoms with Crippen LogP contribution in [-0.4, -0.2) is 48.6 Å². The van der Waals surface area contributed by atoms with Gasteiger partial charge in [0.25, 0.3) is 0 Å². The molecule has 1 fully saturated rings. The van der Waals surface area contributed by atoms with Crippen molar-refractivity contribution in [2.24, 2.45) is 11.5 Å². The number of aromatic amines is 1. The summed E-state index contributed by atoms with van der Waals surface area (Å²) < 4.78 is 10.3. The number of nitrogens with zero attached hydrogens (tertiary/aromatic N) is 2. The Balaban J connectivity index is 2.01. The van der Waals surface area contributed by atoms with Gasteiger partial charge in [0.1, 0.15) is 18.7 Å². The highest BCUT2D eigenvalue weighted by Gasteiger charge is 2.30. The number of anilines is 1. The number of hydrogen-bond acceptors (Lipinski definition) is 6. The number of aromatic nitrogens is 2. The van der Waals surface area contributed by atoms with E-state index in [9.17, 15) is 4.79 Å². The molecular formula is C17H25N5O3. The molecule has 0 radical (unpaired) electrons. The molecule has 136 valence electrons. The number of nitrogens with two attached hydrogens (primary N) is 2. The molecule has 0 unspecified atom stereocenters. The predicted molar refractivity (Wildman–Crippen MR) is 95.4 cm³/mol. The van der Waals surface area contributed by atoms with Crippen LogP contribution >= 0.6 is 0 Å². The molecular weight excluding hydrogens is 322 g/mol. The zero-order chi connectivity index (χ0) is 18.0. The topological polar surface area (TPSA) is 119 Å². The Morgan fingerprint density at radius 2 is 2.32 bits per heavy atom. The fourth-order valence-corrected chi connectivity index (χ4v) is 3.50. The van der Waals surface area contributed by atoms with Crippen LogP contribution in [0.3, 0.4) is 0 Å². The number of benzene rings is 1. The van der Waals surface area contributed by atoms with E-state index in [2.05, 4.69) is 14.9 Å². The highest BCUT2D eigenvalue weighted by atomic mass is 16.5. The van der Waals surface area contributed by atoms with E-state index in [0.29, 0.717) is 6.42 Å². The minimum absolute atomic E-state index is 0.0826. The molecule has 0 bridgehead atoms. The van der Waals surface area contributed by atoms with Gasteiger partial charge in [-0.1, -0.05) is 6.07 Å². The molecule has 5 N–H and O–H groups in total. The summed E-state index contributed by atoms with van der Waals surface area (Å²) in [5.41, 5.74) is 15.2. The average molecular weight is 347 g/mol. The van der Waals surface area contributed by atoms with Gasteiger partial charge in [-0.05, 0) is 31.4 Å². The van der Waals surface area contributed by atoms with Gasteiger partial charge < -0.3 is 30.8 Å². The molecule has 8 nitrogen and oxygen atoms in total. The van der Waals surface area contributed by atoms with Gasteiger partial charge in [0.2, 0.25) is 0 Å². The predicted octanol–water partition coefficient (Wildman–Crippen LogP) is 1.41. The van der Waals surface area contributed by atoms with E-state index in [0.717, 1.165) is 47.5 Å². The molecule has 2 aromatic rings. The number of primary amides is 1. The molecule has 1 aliphatic heterocycles. The summed E-state index contributed by atoms with van der Waals surface area (Å²) in [4.78, 5) is 21.2. The number of aryl methyl sites for hydroxylation is 1. The van der Waals surface area contributed by atoms with Crippen molar-refractivity contribution in [2.75, 3.05) is 25.2 Å². The normalized spacial score (nSPS) is 18.7. The Morgan fingerprint density at radius 1 is 1.52 bits per heavy atom. The minimum atomic E-state index is -0.746. The van der Waals surface area contributed by atoms with E-state index in [1.165, 1.54) is 0 Å². The Bertz CT molecular complexity index is 760. The van der Waals surface area contributed by atoms with Crippen molar-refractivity contribution < 1.29 is 14.3 Å². The Morgan fingerprint density at radius 3 is 3.04 bits per heavy atom. The second-order valence-electron chi connectivity index (χ2n) is 6.39. The lowest BCUT2D eigenvalue weighted by molar-refractivity contribution is 0.109. The van der Waals surface area contributed by atoms with Crippen LogP contribution in [-0.2, 0) is 15.9 Å². The number of hydrogen-bond donors (Lipinski definition) is 3. The molecule has 25 heavy (non-hydrogen) atoms. The van der Waals surface area contributed by atoms with Crippen LogP contribution in [0, 0.1) is 6.92 Å². The Kier molecular flexibility index (Phi) is 5.10. The van der Waals surface area contributed by atoms with Gasteiger partial charge in [0.05, 0.1) is 22.8 Å². The van der Waals surface area contributed by atoms with Crippen molar-refractivity contribution in [1.82, 2.24) is 9.97 Å². The molecule has 1 aliphatic rings. The average Bonchev–Trinajstić information content (AvgIpc) is 3.18. The van der Waals surface area contributed by atoms with E-state index in [1.54, 1.807) is 7.11 Å². The van der Waals surface area contributed by atoms with Crippen molar-refractivity contribution in [3.8, 4) is 0 Å². The summed E-state index contributed by atoms with van der Waals surface area (Å²) in [6.07, 6.45) is 1.41. The van der Waals surface area contributed by atoms with Gasteiger partial charge in [0.15, 0.2) is 0 Å². The highest BCUT2D eigenvalue weighted by molar-refractivity contribution is 5.91. The standard InChI is InChI=1S/C17H25N5O3/c1-10-20-13-6-5-11(8-14(18)24-2)16(15(13)21-10)22-7-3-4-12(22)9-25-17(19)23/h5-6,12,14H,3-4,7-9,18H2,1-2H3,(H2,19,23)(H,20,21)/t12-,14-/m0/s1. The number of amides is 1. The minimum Gasteiger partial charge on any atom is -0.448 e. The fraction of sp³-hybridized carbons (Fsp3) is 0.529. The van der Waals surface area contributed by atoms with Crippen molar-refractivity contribution in [3.63, 3.8) is 0 Å². The van der Waals surface area contributed by atoms with Crippen LogP contribution in [0.1, 0.15) is 24.2 Å².